The molecule has 0 bridgehead atoms. The largest absolute Gasteiger partial charge is 0.494 e. The zero-order valence-corrected chi connectivity index (χ0v) is 13.3. The summed E-state index contributed by atoms with van der Waals surface area (Å²) in [5, 5.41) is 17.3. The standard InChI is InChI=1S/C19H18N4O/c20-15-18-19(14-16-8-3-1-4-9-16)23(22-21-18)12-7-13-24-17-10-5-2-6-11-17/h1-6,8-11H,7,12-14H2. The minimum atomic E-state index is 0.392. The van der Waals surface area contributed by atoms with Gasteiger partial charge in [0.15, 0.2) is 5.69 Å². The quantitative estimate of drug-likeness (QED) is 0.628. The summed E-state index contributed by atoms with van der Waals surface area (Å²) >= 11 is 0. The smallest absolute Gasteiger partial charge is 0.186 e. The first-order chi connectivity index (χ1) is 11.9. The van der Waals surface area contributed by atoms with Crippen molar-refractivity contribution in [3.63, 3.8) is 0 Å². The van der Waals surface area contributed by atoms with Crippen LogP contribution in [0.25, 0.3) is 0 Å². The molecule has 0 aliphatic rings. The molecule has 5 heteroatoms. The third-order valence-corrected chi connectivity index (χ3v) is 3.68. The molecule has 0 saturated carbocycles. The van der Waals surface area contributed by atoms with Crippen LogP contribution in [0.5, 0.6) is 5.75 Å². The SMILES string of the molecule is N#Cc1nnn(CCCOc2ccccc2)c1Cc1ccccc1. The summed E-state index contributed by atoms with van der Waals surface area (Å²) in [5.74, 6) is 0.860. The van der Waals surface area contributed by atoms with Crippen LogP contribution in [0.15, 0.2) is 60.7 Å². The van der Waals surface area contributed by atoms with Crippen LogP contribution in [0.4, 0.5) is 0 Å². The van der Waals surface area contributed by atoms with Crippen LogP contribution in [-0.4, -0.2) is 21.6 Å². The molecule has 2 aromatic carbocycles. The monoisotopic (exact) mass is 318 g/mol. The normalized spacial score (nSPS) is 10.3. The summed E-state index contributed by atoms with van der Waals surface area (Å²) in [5.41, 5.74) is 2.38. The van der Waals surface area contributed by atoms with Crippen LogP contribution < -0.4 is 4.74 Å². The van der Waals surface area contributed by atoms with Crippen molar-refractivity contribution in [1.82, 2.24) is 15.0 Å². The lowest BCUT2D eigenvalue weighted by molar-refractivity contribution is 0.297. The van der Waals surface area contributed by atoms with Gasteiger partial charge in [0, 0.05) is 19.4 Å². The number of benzene rings is 2. The molecule has 0 aliphatic heterocycles. The van der Waals surface area contributed by atoms with Gasteiger partial charge in [-0.15, -0.1) is 5.10 Å². The maximum atomic E-state index is 9.24. The van der Waals surface area contributed by atoms with E-state index in [-0.39, 0.29) is 0 Å². The molecular formula is C19H18N4O. The van der Waals surface area contributed by atoms with Gasteiger partial charge in [-0.25, -0.2) is 4.68 Å². The number of rotatable bonds is 7. The zero-order valence-electron chi connectivity index (χ0n) is 13.3. The topological polar surface area (TPSA) is 63.7 Å². The van der Waals surface area contributed by atoms with Gasteiger partial charge in [-0.1, -0.05) is 53.7 Å². The van der Waals surface area contributed by atoms with Crippen molar-refractivity contribution in [3.05, 3.63) is 77.6 Å². The van der Waals surface area contributed by atoms with E-state index in [1.54, 1.807) is 4.68 Å². The molecule has 3 aromatic rings. The minimum Gasteiger partial charge on any atom is -0.494 e. The fraction of sp³-hybridized carbons (Fsp3) is 0.211. The number of hydrogen-bond donors (Lipinski definition) is 0. The number of aromatic nitrogens is 3. The Labute approximate surface area is 141 Å². The van der Waals surface area contributed by atoms with Crippen LogP contribution in [0, 0.1) is 11.3 Å². The molecule has 24 heavy (non-hydrogen) atoms. The molecular weight excluding hydrogens is 300 g/mol. The van der Waals surface area contributed by atoms with Crippen molar-refractivity contribution in [2.24, 2.45) is 0 Å². The molecule has 0 atom stereocenters. The number of para-hydroxylation sites is 1. The van der Waals surface area contributed by atoms with Gasteiger partial charge in [0.1, 0.15) is 11.8 Å². The summed E-state index contributed by atoms with van der Waals surface area (Å²) in [6.07, 6.45) is 1.45. The summed E-state index contributed by atoms with van der Waals surface area (Å²) in [6, 6.07) is 21.9. The van der Waals surface area contributed by atoms with Gasteiger partial charge in [0.25, 0.3) is 0 Å². The highest BCUT2D eigenvalue weighted by atomic mass is 16.5. The maximum absolute atomic E-state index is 9.24. The average Bonchev–Trinajstić information content (AvgIpc) is 3.02. The Kier molecular flexibility index (Phi) is 5.21. The highest BCUT2D eigenvalue weighted by molar-refractivity contribution is 5.30. The summed E-state index contributed by atoms with van der Waals surface area (Å²) in [4.78, 5) is 0. The number of aryl methyl sites for hydroxylation is 1. The van der Waals surface area contributed by atoms with Gasteiger partial charge >= 0.3 is 0 Å². The Morgan fingerprint density at radius 2 is 1.71 bits per heavy atom. The van der Waals surface area contributed by atoms with Gasteiger partial charge in [-0.05, 0) is 17.7 Å². The van der Waals surface area contributed by atoms with Crippen LogP contribution in [0.1, 0.15) is 23.4 Å². The lowest BCUT2D eigenvalue weighted by Crippen LogP contribution is -2.10. The molecule has 0 aliphatic carbocycles. The molecule has 0 spiro atoms. The zero-order chi connectivity index (χ0) is 16.6. The van der Waals surface area contributed by atoms with Crippen LogP contribution >= 0.6 is 0 Å². The fourth-order valence-corrected chi connectivity index (χ4v) is 2.48. The van der Waals surface area contributed by atoms with E-state index >= 15 is 0 Å². The van der Waals surface area contributed by atoms with Crippen molar-refractivity contribution in [2.45, 2.75) is 19.4 Å². The van der Waals surface area contributed by atoms with Crippen molar-refractivity contribution in [1.29, 1.82) is 5.26 Å². The highest BCUT2D eigenvalue weighted by Crippen LogP contribution is 2.13. The summed E-state index contributed by atoms with van der Waals surface area (Å²) in [6.45, 7) is 1.26. The maximum Gasteiger partial charge on any atom is 0.186 e. The average molecular weight is 318 g/mol. The molecule has 0 fully saturated rings. The van der Waals surface area contributed by atoms with Gasteiger partial charge in [-0.2, -0.15) is 5.26 Å². The van der Waals surface area contributed by atoms with Crippen molar-refractivity contribution < 1.29 is 4.74 Å². The number of ether oxygens (including phenoxy) is 1. The van der Waals surface area contributed by atoms with E-state index in [0.29, 0.717) is 25.3 Å². The molecule has 0 unspecified atom stereocenters. The van der Waals surface area contributed by atoms with Crippen LogP contribution in [0.2, 0.25) is 0 Å². The van der Waals surface area contributed by atoms with Gasteiger partial charge in [0.2, 0.25) is 0 Å². The minimum absolute atomic E-state index is 0.392. The molecule has 0 N–H and O–H groups in total. The second-order valence-electron chi connectivity index (χ2n) is 5.40. The molecule has 0 saturated heterocycles. The molecule has 0 radical (unpaired) electrons. The van der Waals surface area contributed by atoms with E-state index in [0.717, 1.165) is 23.4 Å². The molecule has 3 rings (SSSR count). The number of nitriles is 1. The number of hydrogen-bond acceptors (Lipinski definition) is 4. The van der Waals surface area contributed by atoms with Crippen LogP contribution in [-0.2, 0) is 13.0 Å². The van der Waals surface area contributed by atoms with Crippen molar-refractivity contribution >= 4 is 0 Å². The van der Waals surface area contributed by atoms with Gasteiger partial charge in [-0.3, -0.25) is 0 Å². The third-order valence-electron chi connectivity index (χ3n) is 3.68. The molecule has 1 aromatic heterocycles. The third kappa shape index (κ3) is 3.99. The highest BCUT2D eigenvalue weighted by Gasteiger charge is 2.13. The van der Waals surface area contributed by atoms with E-state index in [1.165, 1.54) is 0 Å². The first-order valence-electron chi connectivity index (χ1n) is 7.91. The van der Waals surface area contributed by atoms with E-state index in [1.807, 2.05) is 60.7 Å². The Morgan fingerprint density at radius 3 is 2.42 bits per heavy atom. The second kappa shape index (κ2) is 7.93. The predicted octanol–water partition coefficient (Wildman–Crippen LogP) is 3.21. The Bertz CT molecular complexity index is 806. The Hall–Kier alpha value is -3.13. The van der Waals surface area contributed by atoms with Crippen molar-refractivity contribution in [3.8, 4) is 11.8 Å². The second-order valence-corrected chi connectivity index (χ2v) is 5.40. The Balaban J connectivity index is 1.61. The van der Waals surface area contributed by atoms with Crippen LogP contribution in [0.3, 0.4) is 0 Å². The lowest BCUT2D eigenvalue weighted by Gasteiger charge is -2.08. The molecule has 120 valence electrons. The molecule has 5 nitrogen and oxygen atoms in total. The van der Waals surface area contributed by atoms with E-state index in [2.05, 4.69) is 16.4 Å². The first-order valence-corrected chi connectivity index (χ1v) is 7.91. The molecule has 0 amide bonds. The number of nitrogens with zero attached hydrogens (tertiary/aromatic N) is 4. The van der Waals surface area contributed by atoms with Gasteiger partial charge in [0.05, 0.1) is 12.3 Å². The van der Waals surface area contributed by atoms with E-state index < -0.39 is 0 Å². The fourth-order valence-electron chi connectivity index (χ4n) is 2.48. The lowest BCUT2D eigenvalue weighted by atomic mass is 10.1. The predicted molar refractivity (Wildman–Crippen MR) is 90.5 cm³/mol. The first kappa shape index (κ1) is 15.8. The molecule has 1 heterocycles. The van der Waals surface area contributed by atoms with Gasteiger partial charge < -0.3 is 4.74 Å². The van der Waals surface area contributed by atoms with E-state index in [4.69, 9.17) is 4.74 Å². The Morgan fingerprint density at radius 1 is 1.00 bits per heavy atom. The van der Waals surface area contributed by atoms with Crippen molar-refractivity contribution in [2.75, 3.05) is 6.61 Å². The van der Waals surface area contributed by atoms with E-state index in [9.17, 15) is 5.26 Å². The summed E-state index contributed by atoms with van der Waals surface area (Å²) in [7, 11) is 0. The summed E-state index contributed by atoms with van der Waals surface area (Å²) < 4.78 is 7.50.